The van der Waals surface area contributed by atoms with Crippen LogP contribution in [-0.2, 0) is 14.8 Å². The van der Waals surface area contributed by atoms with E-state index in [-0.39, 0.29) is 40.8 Å². The summed E-state index contributed by atoms with van der Waals surface area (Å²) < 4.78 is 34.2. The number of fused-ring (bicyclic) bond motifs is 1. The normalized spacial score (nSPS) is 20.4. The van der Waals surface area contributed by atoms with Crippen molar-refractivity contribution in [3.8, 4) is 0 Å². The number of para-hydroxylation sites is 1. The van der Waals surface area contributed by atoms with Gasteiger partial charge in [-0.1, -0.05) is 35.1 Å². The molecule has 1 N–H and O–H groups in total. The third kappa shape index (κ3) is 4.21. The topological polar surface area (TPSA) is 88.6 Å². The number of carbonyl (C=O) groups excluding carboxylic acids is 1. The molecular formula is C20H20ClN3O4S2. The summed E-state index contributed by atoms with van der Waals surface area (Å²) in [5.41, 5.74) is 0.849. The molecule has 0 bridgehead atoms. The van der Waals surface area contributed by atoms with Crippen LogP contribution in [0.1, 0.15) is 24.2 Å². The number of anilines is 1. The quantitative estimate of drug-likeness (QED) is 0.629. The maximum Gasteiger partial charge on any atom is 0.259 e. The first kappa shape index (κ1) is 21.2. The van der Waals surface area contributed by atoms with E-state index < -0.39 is 15.9 Å². The molecule has 3 aromatic rings. The maximum atomic E-state index is 13.1. The first-order valence-corrected chi connectivity index (χ1v) is 12.0. The van der Waals surface area contributed by atoms with Gasteiger partial charge in [0.25, 0.3) is 5.91 Å². The second-order valence-corrected chi connectivity index (χ2v) is 10.5. The number of rotatable bonds is 4. The Morgan fingerprint density at radius 1 is 1.20 bits per heavy atom. The van der Waals surface area contributed by atoms with Crippen LogP contribution in [0.25, 0.3) is 10.2 Å². The predicted molar refractivity (Wildman–Crippen MR) is 118 cm³/mol. The molecule has 1 aromatic heterocycles. The van der Waals surface area contributed by atoms with Gasteiger partial charge in [-0.05, 0) is 44.2 Å². The molecule has 1 aliphatic rings. The van der Waals surface area contributed by atoms with Crippen LogP contribution in [0.4, 0.5) is 5.13 Å². The number of morpholine rings is 1. The molecule has 1 fully saturated rings. The smallest absolute Gasteiger partial charge is 0.259 e. The highest BCUT2D eigenvalue weighted by Crippen LogP contribution is 2.28. The number of sulfonamides is 1. The highest BCUT2D eigenvalue weighted by Gasteiger charge is 2.32. The fourth-order valence-electron chi connectivity index (χ4n) is 3.41. The predicted octanol–water partition coefficient (Wildman–Crippen LogP) is 4.00. The van der Waals surface area contributed by atoms with Crippen LogP contribution in [0, 0.1) is 0 Å². The molecule has 1 aliphatic heterocycles. The van der Waals surface area contributed by atoms with Gasteiger partial charge in [-0.2, -0.15) is 4.31 Å². The zero-order valence-corrected chi connectivity index (χ0v) is 18.7. The summed E-state index contributed by atoms with van der Waals surface area (Å²) >= 11 is 7.54. The van der Waals surface area contributed by atoms with E-state index >= 15 is 0 Å². The summed E-state index contributed by atoms with van der Waals surface area (Å²) in [6.07, 6.45) is -0.421. The van der Waals surface area contributed by atoms with Gasteiger partial charge in [0.15, 0.2) is 5.13 Å². The molecular weight excluding hydrogens is 446 g/mol. The van der Waals surface area contributed by atoms with Crippen molar-refractivity contribution in [1.82, 2.24) is 9.29 Å². The van der Waals surface area contributed by atoms with Crippen molar-refractivity contribution in [1.29, 1.82) is 0 Å². The molecule has 10 heteroatoms. The second-order valence-electron chi connectivity index (χ2n) is 7.16. The van der Waals surface area contributed by atoms with Crippen LogP contribution < -0.4 is 5.32 Å². The lowest BCUT2D eigenvalue weighted by atomic mass is 10.2. The molecule has 2 atom stereocenters. The Balaban J connectivity index is 1.61. The average molecular weight is 466 g/mol. The second kappa shape index (κ2) is 8.24. The number of hydrogen-bond donors (Lipinski definition) is 1. The minimum Gasteiger partial charge on any atom is -0.373 e. The third-order valence-electron chi connectivity index (χ3n) is 4.72. The van der Waals surface area contributed by atoms with Crippen LogP contribution in [0.15, 0.2) is 47.4 Å². The zero-order chi connectivity index (χ0) is 21.5. The molecule has 0 aliphatic carbocycles. The number of nitrogens with one attached hydrogen (secondary N) is 1. The molecule has 30 heavy (non-hydrogen) atoms. The van der Waals surface area contributed by atoms with Gasteiger partial charge in [0.1, 0.15) is 0 Å². The van der Waals surface area contributed by atoms with E-state index in [1.165, 1.54) is 33.8 Å². The van der Waals surface area contributed by atoms with Gasteiger partial charge in [-0.15, -0.1) is 0 Å². The van der Waals surface area contributed by atoms with Gasteiger partial charge in [-0.25, -0.2) is 13.4 Å². The largest absolute Gasteiger partial charge is 0.373 e. The number of aromatic nitrogens is 1. The molecule has 2 heterocycles. The van der Waals surface area contributed by atoms with Crippen LogP contribution in [0.2, 0.25) is 5.02 Å². The molecule has 0 unspecified atom stereocenters. The highest BCUT2D eigenvalue weighted by molar-refractivity contribution is 7.89. The number of amides is 1. The Kier molecular flexibility index (Phi) is 5.82. The van der Waals surface area contributed by atoms with Crippen molar-refractivity contribution in [2.75, 3.05) is 18.4 Å². The minimum absolute atomic E-state index is 0.0163. The summed E-state index contributed by atoms with van der Waals surface area (Å²) in [5, 5.41) is 3.30. The van der Waals surface area contributed by atoms with Gasteiger partial charge in [0.2, 0.25) is 10.0 Å². The number of nitrogens with zero attached hydrogens (tertiary/aromatic N) is 2. The van der Waals surface area contributed by atoms with E-state index in [2.05, 4.69) is 10.3 Å². The number of ether oxygens (including phenoxy) is 1. The number of halogens is 1. The molecule has 7 nitrogen and oxygen atoms in total. The minimum atomic E-state index is -3.79. The van der Waals surface area contributed by atoms with Crippen LogP contribution in [0.3, 0.4) is 0 Å². The summed E-state index contributed by atoms with van der Waals surface area (Å²) in [6, 6.07) is 11.7. The average Bonchev–Trinajstić information content (AvgIpc) is 3.09. The van der Waals surface area contributed by atoms with Gasteiger partial charge in [-0.3, -0.25) is 10.1 Å². The summed E-state index contributed by atoms with van der Waals surface area (Å²) in [7, 11) is -3.79. The van der Waals surface area contributed by atoms with Gasteiger partial charge in [0, 0.05) is 13.1 Å². The lowest BCUT2D eigenvalue weighted by Crippen LogP contribution is -2.48. The first-order valence-electron chi connectivity index (χ1n) is 9.36. The summed E-state index contributed by atoms with van der Waals surface area (Å²) in [4.78, 5) is 17.2. The van der Waals surface area contributed by atoms with Crippen molar-refractivity contribution in [2.45, 2.75) is 31.0 Å². The van der Waals surface area contributed by atoms with Gasteiger partial charge >= 0.3 is 0 Å². The zero-order valence-electron chi connectivity index (χ0n) is 16.3. The standard InChI is InChI=1S/C20H20ClN3O4S2/c1-12-10-24(11-13(2)28-12)30(26,27)14-7-8-16(21)15(9-14)19(25)23-20-22-17-5-3-4-6-18(17)29-20/h3-9,12-13H,10-11H2,1-2H3,(H,22,23,25)/t12-,13-/m0/s1. The third-order valence-corrected chi connectivity index (χ3v) is 7.83. The Bertz CT molecular complexity index is 1170. The van der Waals surface area contributed by atoms with E-state index in [0.29, 0.717) is 5.13 Å². The van der Waals surface area contributed by atoms with Crippen LogP contribution >= 0.6 is 22.9 Å². The SMILES string of the molecule is C[C@H]1CN(S(=O)(=O)c2ccc(Cl)c(C(=O)Nc3nc4ccccc4s3)c2)C[C@H](C)O1. The van der Waals surface area contributed by atoms with E-state index in [1.807, 2.05) is 38.1 Å². The Labute approximate surface area is 183 Å². The fraction of sp³-hybridized carbons (Fsp3) is 0.300. The highest BCUT2D eigenvalue weighted by atomic mass is 35.5. The molecule has 1 saturated heterocycles. The number of thiazole rings is 1. The van der Waals surface area contributed by atoms with Crippen molar-refractivity contribution in [3.05, 3.63) is 53.1 Å². The number of carbonyl (C=O) groups is 1. The van der Waals surface area contributed by atoms with E-state index in [4.69, 9.17) is 16.3 Å². The van der Waals surface area contributed by atoms with Crippen molar-refractivity contribution in [2.24, 2.45) is 0 Å². The Morgan fingerprint density at radius 3 is 2.60 bits per heavy atom. The van der Waals surface area contributed by atoms with Crippen molar-refractivity contribution >= 4 is 54.2 Å². The monoisotopic (exact) mass is 465 g/mol. The summed E-state index contributed by atoms with van der Waals surface area (Å²) in [6.45, 7) is 4.17. The van der Waals surface area contributed by atoms with Crippen molar-refractivity contribution < 1.29 is 17.9 Å². The fourth-order valence-corrected chi connectivity index (χ4v) is 6.09. The molecule has 4 rings (SSSR count). The van der Waals surface area contributed by atoms with E-state index in [9.17, 15) is 13.2 Å². The van der Waals surface area contributed by atoms with Crippen LogP contribution in [0.5, 0.6) is 0 Å². The summed E-state index contributed by atoms with van der Waals surface area (Å²) in [5.74, 6) is -0.514. The molecule has 0 radical (unpaired) electrons. The molecule has 0 saturated carbocycles. The van der Waals surface area contributed by atoms with Crippen molar-refractivity contribution in [3.63, 3.8) is 0 Å². The lowest BCUT2D eigenvalue weighted by molar-refractivity contribution is -0.0440. The van der Waals surface area contributed by atoms with Gasteiger partial charge in [0.05, 0.1) is 37.9 Å². The van der Waals surface area contributed by atoms with Crippen LogP contribution in [-0.4, -0.2) is 48.9 Å². The van der Waals surface area contributed by atoms with Gasteiger partial charge < -0.3 is 4.74 Å². The first-order chi connectivity index (χ1) is 14.2. The molecule has 0 spiro atoms. The number of benzene rings is 2. The van der Waals surface area contributed by atoms with E-state index in [0.717, 1.165) is 10.2 Å². The maximum absolute atomic E-state index is 13.1. The lowest BCUT2D eigenvalue weighted by Gasteiger charge is -2.34. The molecule has 1 amide bonds. The Morgan fingerprint density at radius 2 is 1.90 bits per heavy atom. The number of hydrogen-bond acceptors (Lipinski definition) is 6. The molecule has 2 aromatic carbocycles. The van der Waals surface area contributed by atoms with E-state index in [1.54, 1.807) is 0 Å². The molecule has 158 valence electrons. The Hall–Kier alpha value is -2.04.